The second-order valence-corrected chi connectivity index (χ2v) is 10.6. The first-order chi connectivity index (χ1) is 16.0. The molecule has 0 spiro atoms. The van der Waals surface area contributed by atoms with Crippen LogP contribution in [0.3, 0.4) is 0 Å². The van der Waals surface area contributed by atoms with Crippen LogP contribution in [-0.2, 0) is 21.3 Å². The van der Waals surface area contributed by atoms with Crippen molar-refractivity contribution in [2.75, 3.05) is 33.9 Å². The summed E-state index contributed by atoms with van der Waals surface area (Å²) >= 11 is 1.56. The monoisotopic (exact) mass is 487 g/mol. The summed E-state index contributed by atoms with van der Waals surface area (Å²) in [7, 11) is -0.0850. The van der Waals surface area contributed by atoms with E-state index < -0.39 is 10.0 Å². The molecule has 33 heavy (non-hydrogen) atoms. The third-order valence-electron chi connectivity index (χ3n) is 5.68. The Bertz CT molecular complexity index is 1220. The van der Waals surface area contributed by atoms with Gasteiger partial charge in [-0.25, -0.2) is 13.4 Å². The van der Waals surface area contributed by atoms with E-state index in [0.29, 0.717) is 24.6 Å². The highest BCUT2D eigenvalue weighted by Gasteiger charge is 2.27. The van der Waals surface area contributed by atoms with Gasteiger partial charge in [-0.15, -0.1) is 11.3 Å². The van der Waals surface area contributed by atoms with Gasteiger partial charge in [0.05, 0.1) is 23.4 Å². The number of nitrogens with zero attached hydrogens (tertiary/aromatic N) is 3. The second-order valence-electron chi connectivity index (χ2n) is 7.85. The summed E-state index contributed by atoms with van der Waals surface area (Å²) in [5.41, 5.74) is 2.81. The molecule has 7 nitrogen and oxygen atoms in total. The molecule has 1 aromatic heterocycles. The maximum absolute atomic E-state index is 12.9. The quantitative estimate of drug-likeness (QED) is 0.423. The number of ether oxygens (including phenoxy) is 2. The van der Waals surface area contributed by atoms with Gasteiger partial charge in [0.1, 0.15) is 5.75 Å². The zero-order valence-electron chi connectivity index (χ0n) is 18.9. The van der Waals surface area contributed by atoms with Crippen LogP contribution in [0.5, 0.6) is 5.75 Å². The fourth-order valence-corrected chi connectivity index (χ4v) is 6.35. The predicted octanol–water partition coefficient (Wildman–Crippen LogP) is 4.28. The molecule has 0 radical (unpaired) electrons. The van der Waals surface area contributed by atoms with Crippen LogP contribution in [0.15, 0.2) is 63.8 Å². The van der Waals surface area contributed by atoms with E-state index in [2.05, 4.69) is 9.95 Å². The number of benzene rings is 2. The summed E-state index contributed by atoms with van der Waals surface area (Å²) in [4.78, 5) is 6.05. The van der Waals surface area contributed by atoms with E-state index in [1.54, 1.807) is 42.0 Å². The molecule has 1 saturated heterocycles. The minimum atomic E-state index is -3.42. The predicted molar refractivity (Wildman–Crippen MR) is 130 cm³/mol. The van der Waals surface area contributed by atoms with Crippen molar-refractivity contribution in [1.82, 2.24) is 8.87 Å². The topological polar surface area (TPSA) is 73.1 Å². The number of sulfonamides is 1. The molecule has 0 unspecified atom stereocenters. The fourth-order valence-electron chi connectivity index (χ4n) is 3.87. The summed E-state index contributed by atoms with van der Waals surface area (Å²) in [5.74, 6) is 0.790. The molecule has 0 aliphatic carbocycles. The van der Waals surface area contributed by atoms with Gasteiger partial charge in [-0.05, 0) is 61.2 Å². The molecule has 0 bridgehead atoms. The van der Waals surface area contributed by atoms with Crippen molar-refractivity contribution in [3.05, 3.63) is 58.7 Å². The number of thiazole rings is 1. The number of hydrogen-bond acceptors (Lipinski definition) is 6. The number of aromatic nitrogens is 1. The van der Waals surface area contributed by atoms with Gasteiger partial charge in [0, 0.05) is 38.7 Å². The molecule has 1 fully saturated rings. The molecular weight excluding hydrogens is 458 g/mol. The van der Waals surface area contributed by atoms with Crippen LogP contribution >= 0.6 is 11.3 Å². The molecule has 1 aliphatic heterocycles. The lowest BCUT2D eigenvalue weighted by atomic mass is 10.2. The van der Waals surface area contributed by atoms with Crippen LogP contribution in [0.2, 0.25) is 0 Å². The maximum atomic E-state index is 12.9. The van der Waals surface area contributed by atoms with E-state index in [1.807, 2.05) is 36.4 Å². The van der Waals surface area contributed by atoms with Crippen LogP contribution in [0.25, 0.3) is 11.3 Å². The number of rotatable bonds is 9. The Labute approximate surface area is 199 Å². The second kappa shape index (κ2) is 10.6. The summed E-state index contributed by atoms with van der Waals surface area (Å²) in [6, 6.07) is 14.8. The Balaban J connectivity index is 1.67. The molecule has 9 heteroatoms. The molecule has 3 aromatic rings. The Hall–Kier alpha value is -2.46. The molecule has 0 N–H and O–H groups in total. The van der Waals surface area contributed by atoms with Crippen molar-refractivity contribution in [3.63, 3.8) is 0 Å². The molecule has 4 rings (SSSR count). The lowest BCUT2D eigenvalue weighted by Gasteiger charge is -2.16. The van der Waals surface area contributed by atoms with Crippen molar-refractivity contribution in [1.29, 1.82) is 0 Å². The van der Waals surface area contributed by atoms with Crippen molar-refractivity contribution < 1.29 is 17.9 Å². The average Bonchev–Trinajstić information content (AvgIpc) is 3.51. The first-order valence-electron chi connectivity index (χ1n) is 11.0. The molecule has 2 aromatic carbocycles. The molecule has 0 amide bonds. The molecule has 0 saturated carbocycles. The highest BCUT2D eigenvalue weighted by Crippen LogP contribution is 2.26. The highest BCUT2D eigenvalue weighted by molar-refractivity contribution is 7.89. The van der Waals surface area contributed by atoms with E-state index in [9.17, 15) is 8.42 Å². The Morgan fingerprint density at radius 3 is 2.33 bits per heavy atom. The smallest absolute Gasteiger partial charge is 0.243 e. The molecule has 1 aliphatic rings. The van der Waals surface area contributed by atoms with Crippen LogP contribution in [-0.4, -0.2) is 51.2 Å². The molecule has 0 atom stereocenters. The van der Waals surface area contributed by atoms with E-state index >= 15 is 0 Å². The lowest BCUT2D eigenvalue weighted by molar-refractivity contribution is 0.190. The van der Waals surface area contributed by atoms with Gasteiger partial charge in [-0.2, -0.15) is 4.31 Å². The zero-order chi connectivity index (χ0) is 23.3. The highest BCUT2D eigenvalue weighted by atomic mass is 32.2. The SMILES string of the molecule is COCCCn1c(-c2ccc(S(=O)(=O)N3CCCC3)cc2)csc1=Nc1ccc(OC)cc1. The van der Waals surface area contributed by atoms with Gasteiger partial charge < -0.3 is 14.0 Å². The maximum Gasteiger partial charge on any atom is 0.243 e. The zero-order valence-corrected chi connectivity index (χ0v) is 20.6. The van der Waals surface area contributed by atoms with Crippen LogP contribution in [0, 0.1) is 0 Å². The van der Waals surface area contributed by atoms with Gasteiger partial charge >= 0.3 is 0 Å². The Kier molecular flexibility index (Phi) is 7.64. The summed E-state index contributed by atoms with van der Waals surface area (Å²) in [5, 5.41) is 2.07. The summed E-state index contributed by atoms with van der Waals surface area (Å²) in [6.07, 6.45) is 2.69. The van der Waals surface area contributed by atoms with Gasteiger partial charge in [0.25, 0.3) is 0 Å². The van der Waals surface area contributed by atoms with E-state index in [0.717, 1.165) is 53.3 Å². The van der Waals surface area contributed by atoms with E-state index in [4.69, 9.17) is 14.5 Å². The number of hydrogen-bond donors (Lipinski definition) is 0. The van der Waals surface area contributed by atoms with Crippen molar-refractivity contribution in [3.8, 4) is 17.0 Å². The van der Waals surface area contributed by atoms with E-state index in [1.165, 1.54) is 0 Å². The summed E-state index contributed by atoms with van der Waals surface area (Å²) in [6.45, 7) is 2.60. The first kappa shape index (κ1) is 23.7. The largest absolute Gasteiger partial charge is 0.497 e. The van der Waals surface area contributed by atoms with Crippen molar-refractivity contribution in [2.45, 2.75) is 30.7 Å². The van der Waals surface area contributed by atoms with Crippen molar-refractivity contribution >= 4 is 27.0 Å². The minimum Gasteiger partial charge on any atom is -0.497 e. The van der Waals surface area contributed by atoms with Crippen LogP contribution in [0.4, 0.5) is 5.69 Å². The normalized spacial score (nSPS) is 15.3. The number of methoxy groups -OCH3 is 2. The third kappa shape index (κ3) is 5.38. The van der Waals surface area contributed by atoms with Gasteiger partial charge in [-0.1, -0.05) is 12.1 Å². The fraction of sp³-hybridized carbons (Fsp3) is 0.375. The van der Waals surface area contributed by atoms with Gasteiger partial charge in [-0.3, -0.25) is 0 Å². The van der Waals surface area contributed by atoms with Crippen molar-refractivity contribution in [2.24, 2.45) is 4.99 Å². The first-order valence-corrected chi connectivity index (χ1v) is 13.3. The van der Waals surface area contributed by atoms with E-state index in [-0.39, 0.29) is 0 Å². The van der Waals surface area contributed by atoms with Crippen LogP contribution in [0.1, 0.15) is 19.3 Å². The molecule has 2 heterocycles. The lowest BCUT2D eigenvalue weighted by Crippen LogP contribution is -2.27. The standard InChI is InChI=1S/C24H29N3O4S2/c1-30-17-5-16-27-23(18-32-24(27)25-20-8-10-21(31-2)11-9-20)19-6-12-22(13-7-19)33(28,29)26-14-3-4-15-26/h6-13,18H,3-5,14-17H2,1-2H3. The van der Waals surface area contributed by atoms with Gasteiger partial charge in [0.15, 0.2) is 4.80 Å². The average molecular weight is 488 g/mol. The van der Waals surface area contributed by atoms with Gasteiger partial charge in [0.2, 0.25) is 10.0 Å². The Morgan fingerprint density at radius 2 is 1.70 bits per heavy atom. The molecule has 176 valence electrons. The third-order valence-corrected chi connectivity index (χ3v) is 8.45. The summed E-state index contributed by atoms with van der Waals surface area (Å²) < 4.78 is 39.9. The van der Waals surface area contributed by atoms with Crippen LogP contribution < -0.4 is 9.54 Å². The molecular formula is C24H29N3O4S2. The Morgan fingerprint density at radius 1 is 1.00 bits per heavy atom. The minimum absolute atomic E-state index is 0.345.